The van der Waals surface area contributed by atoms with Gasteiger partial charge in [-0.2, -0.15) is 0 Å². The molecule has 0 bridgehead atoms. The molecule has 1 aliphatic heterocycles. The van der Waals surface area contributed by atoms with Crippen LogP contribution in [0.1, 0.15) is 25.3 Å². The van der Waals surface area contributed by atoms with Gasteiger partial charge >= 0.3 is 5.97 Å². The fourth-order valence-electron chi connectivity index (χ4n) is 2.48. The number of ether oxygens (including phenoxy) is 2. The maximum atomic E-state index is 12.7. The van der Waals surface area contributed by atoms with Crippen LogP contribution in [0.2, 0.25) is 0 Å². The van der Waals surface area contributed by atoms with E-state index in [0.29, 0.717) is 34.8 Å². The van der Waals surface area contributed by atoms with E-state index in [4.69, 9.17) is 21.7 Å². The van der Waals surface area contributed by atoms with Crippen molar-refractivity contribution in [1.29, 1.82) is 0 Å². The Kier molecular flexibility index (Phi) is 6.44. The number of hydrogen-bond acceptors (Lipinski definition) is 6. The molecule has 1 amide bonds. The van der Waals surface area contributed by atoms with Crippen LogP contribution in [-0.4, -0.2) is 46.5 Å². The van der Waals surface area contributed by atoms with Crippen LogP contribution < -0.4 is 9.47 Å². The average Bonchev–Trinajstić information content (AvgIpc) is 2.86. The minimum absolute atomic E-state index is 0.249. The summed E-state index contributed by atoms with van der Waals surface area (Å²) in [7, 11) is 3.08. The molecule has 1 saturated heterocycles. The SMILES string of the molecule is CCC[C@@H](C(=O)O)N1C(=O)/C(=C/c2cc(OC)ccc2OC)SC1=S. The van der Waals surface area contributed by atoms with Gasteiger partial charge in [0, 0.05) is 5.56 Å². The van der Waals surface area contributed by atoms with Crippen LogP contribution in [0.3, 0.4) is 0 Å². The maximum absolute atomic E-state index is 12.7. The Bertz CT molecular complexity index is 732. The number of carbonyl (C=O) groups is 2. The van der Waals surface area contributed by atoms with Crippen molar-refractivity contribution in [2.45, 2.75) is 25.8 Å². The summed E-state index contributed by atoms with van der Waals surface area (Å²) in [6.07, 6.45) is 2.62. The van der Waals surface area contributed by atoms with Crippen LogP contribution in [0.25, 0.3) is 6.08 Å². The van der Waals surface area contributed by atoms with Crippen LogP contribution >= 0.6 is 24.0 Å². The summed E-state index contributed by atoms with van der Waals surface area (Å²) in [5, 5.41) is 9.41. The number of nitrogens with zero attached hydrogens (tertiary/aromatic N) is 1. The number of rotatable bonds is 7. The van der Waals surface area contributed by atoms with Crippen molar-refractivity contribution in [3.63, 3.8) is 0 Å². The number of carboxylic acid groups (broad SMARTS) is 1. The molecule has 0 unspecified atom stereocenters. The molecule has 134 valence electrons. The normalized spacial score (nSPS) is 17.1. The molecule has 0 aromatic heterocycles. The molecule has 0 spiro atoms. The zero-order chi connectivity index (χ0) is 18.6. The first-order valence-corrected chi connectivity index (χ1v) is 8.87. The lowest BCUT2D eigenvalue weighted by Crippen LogP contribution is -2.43. The summed E-state index contributed by atoms with van der Waals surface area (Å²) in [6, 6.07) is 4.29. The van der Waals surface area contributed by atoms with Gasteiger partial charge in [0.25, 0.3) is 5.91 Å². The summed E-state index contributed by atoms with van der Waals surface area (Å²) in [5.41, 5.74) is 0.657. The van der Waals surface area contributed by atoms with E-state index in [0.717, 1.165) is 11.8 Å². The van der Waals surface area contributed by atoms with Crippen molar-refractivity contribution in [1.82, 2.24) is 4.90 Å². The van der Waals surface area contributed by atoms with Gasteiger partial charge in [-0.3, -0.25) is 9.69 Å². The van der Waals surface area contributed by atoms with Crippen LogP contribution in [0.4, 0.5) is 0 Å². The lowest BCUT2D eigenvalue weighted by Gasteiger charge is -2.22. The summed E-state index contributed by atoms with van der Waals surface area (Å²) < 4.78 is 10.8. The smallest absolute Gasteiger partial charge is 0.326 e. The molecule has 0 radical (unpaired) electrons. The number of thiocarbonyl (C=S) groups is 1. The van der Waals surface area contributed by atoms with E-state index in [1.54, 1.807) is 31.4 Å². The van der Waals surface area contributed by atoms with E-state index in [2.05, 4.69) is 0 Å². The lowest BCUT2D eigenvalue weighted by atomic mass is 10.1. The number of carbonyl (C=O) groups excluding carboxylic acids is 1. The number of aliphatic carboxylic acids is 1. The zero-order valence-corrected chi connectivity index (χ0v) is 15.8. The van der Waals surface area contributed by atoms with Gasteiger partial charge in [0.05, 0.1) is 19.1 Å². The Balaban J connectivity index is 2.39. The van der Waals surface area contributed by atoms with E-state index in [-0.39, 0.29) is 4.32 Å². The van der Waals surface area contributed by atoms with Crippen molar-refractivity contribution < 1.29 is 24.2 Å². The second kappa shape index (κ2) is 8.35. The summed E-state index contributed by atoms with van der Waals surface area (Å²) in [6.45, 7) is 1.87. The molecule has 1 N–H and O–H groups in total. The standard InChI is InChI=1S/C17H19NO5S2/c1-4-5-12(16(20)21)18-15(19)14(25-17(18)24)9-10-8-11(22-2)6-7-13(10)23-3/h6-9,12H,4-5H2,1-3H3,(H,20,21)/b14-9-/t12-/m0/s1. The number of carboxylic acids is 1. The van der Waals surface area contributed by atoms with Gasteiger partial charge in [-0.25, -0.2) is 4.79 Å². The summed E-state index contributed by atoms with van der Waals surface area (Å²) in [5.74, 6) is -0.259. The van der Waals surface area contributed by atoms with Gasteiger partial charge in [-0.1, -0.05) is 37.3 Å². The first kappa shape index (κ1) is 19.3. The topological polar surface area (TPSA) is 76.1 Å². The van der Waals surface area contributed by atoms with Gasteiger partial charge in [-0.15, -0.1) is 0 Å². The summed E-state index contributed by atoms with van der Waals surface area (Å²) in [4.78, 5) is 25.8. The van der Waals surface area contributed by atoms with Crippen LogP contribution in [0, 0.1) is 0 Å². The van der Waals surface area contributed by atoms with Crippen LogP contribution in [0.15, 0.2) is 23.1 Å². The van der Waals surface area contributed by atoms with E-state index < -0.39 is 17.9 Å². The Morgan fingerprint density at radius 1 is 1.40 bits per heavy atom. The fourth-order valence-corrected chi connectivity index (χ4v) is 3.83. The molecule has 1 fully saturated rings. The Hall–Kier alpha value is -2.06. The minimum atomic E-state index is -1.06. The third-order valence-corrected chi connectivity index (χ3v) is 5.04. The Morgan fingerprint density at radius 2 is 2.12 bits per heavy atom. The first-order chi connectivity index (χ1) is 11.9. The van der Waals surface area contributed by atoms with Gasteiger partial charge in [0.15, 0.2) is 0 Å². The molecule has 1 aromatic rings. The molecular formula is C17H19NO5S2. The predicted molar refractivity (Wildman–Crippen MR) is 101 cm³/mol. The highest BCUT2D eigenvalue weighted by molar-refractivity contribution is 8.26. The molecule has 1 aromatic carbocycles. The van der Waals surface area contributed by atoms with Crippen molar-refractivity contribution in [2.24, 2.45) is 0 Å². The quantitative estimate of drug-likeness (QED) is 0.574. The Morgan fingerprint density at radius 3 is 2.68 bits per heavy atom. The molecule has 6 nitrogen and oxygen atoms in total. The molecule has 1 atom stereocenters. The number of hydrogen-bond donors (Lipinski definition) is 1. The molecule has 2 rings (SSSR count). The van der Waals surface area contributed by atoms with Crippen molar-refractivity contribution in [2.75, 3.05) is 14.2 Å². The van der Waals surface area contributed by atoms with E-state index in [1.165, 1.54) is 12.0 Å². The summed E-state index contributed by atoms with van der Waals surface area (Å²) >= 11 is 6.33. The Labute approximate surface area is 155 Å². The molecule has 1 aliphatic rings. The number of methoxy groups -OCH3 is 2. The highest BCUT2D eigenvalue weighted by atomic mass is 32.2. The lowest BCUT2D eigenvalue weighted by molar-refractivity contribution is -0.145. The molecule has 0 saturated carbocycles. The molecule has 25 heavy (non-hydrogen) atoms. The van der Waals surface area contributed by atoms with E-state index in [9.17, 15) is 14.7 Å². The second-order valence-electron chi connectivity index (χ2n) is 5.30. The third-order valence-electron chi connectivity index (χ3n) is 3.71. The minimum Gasteiger partial charge on any atom is -0.497 e. The largest absolute Gasteiger partial charge is 0.497 e. The van der Waals surface area contributed by atoms with Crippen molar-refractivity contribution in [3.05, 3.63) is 28.7 Å². The molecule has 8 heteroatoms. The third kappa shape index (κ3) is 4.13. The second-order valence-corrected chi connectivity index (χ2v) is 6.98. The average molecular weight is 381 g/mol. The maximum Gasteiger partial charge on any atom is 0.326 e. The number of amides is 1. The first-order valence-electron chi connectivity index (χ1n) is 7.64. The van der Waals surface area contributed by atoms with Crippen molar-refractivity contribution >= 4 is 46.3 Å². The number of benzene rings is 1. The number of thioether (sulfide) groups is 1. The fraction of sp³-hybridized carbons (Fsp3) is 0.353. The molecule has 0 aliphatic carbocycles. The zero-order valence-electron chi connectivity index (χ0n) is 14.1. The van der Waals surface area contributed by atoms with E-state index >= 15 is 0 Å². The van der Waals surface area contributed by atoms with Gasteiger partial charge < -0.3 is 14.6 Å². The monoisotopic (exact) mass is 381 g/mol. The molecule has 1 heterocycles. The van der Waals surface area contributed by atoms with Crippen LogP contribution in [0.5, 0.6) is 11.5 Å². The highest BCUT2D eigenvalue weighted by Crippen LogP contribution is 2.37. The predicted octanol–water partition coefficient (Wildman–Crippen LogP) is 3.16. The molecular weight excluding hydrogens is 362 g/mol. The van der Waals surface area contributed by atoms with Gasteiger partial charge in [0.1, 0.15) is 21.9 Å². The van der Waals surface area contributed by atoms with Gasteiger partial charge in [0.2, 0.25) is 0 Å². The highest BCUT2D eigenvalue weighted by Gasteiger charge is 2.40. The van der Waals surface area contributed by atoms with E-state index in [1.807, 2.05) is 6.92 Å². The van der Waals surface area contributed by atoms with Crippen LogP contribution in [-0.2, 0) is 9.59 Å². The van der Waals surface area contributed by atoms with Gasteiger partial charge in [-0.05, 0) is 30.7 Å². The van der Waals surface area contributed by atoms with Crippen molar-refractivity contribution in [3.8, 4) is 11.5 Å².